The summed E-state index contributed by atoms with van der Waals surface area (Å²) < 4.78 is 1.67. The van der Waals surface area contributed by atoms with Crippen LogP contribution in [0.1, 0.15) is 25.7 Å². The van der Waals surface area contributed by atoms with Crippen LogP contribution in [0.2, 0.25) is 0 Å². The number of aryl methyl sites for hydroxylation is 1. The highest BCUT2D eigenvalue weighted by molar-refractivity contribution is 6.66. The van der Waals surface area contributed by atoms with E-state index in [1.54, 1.807) is 17.1 Å². The SMILES string of the molecule is Cn1cc(-c2cnc(N(C(=O)Cl)C3CCC(NC(=O)O)CC3)cn2)cn1. The molecule has 0 atom stereocenters. The summed E-state index contributed by atoms with van der Waals surface area (Å²) in [6.07, 6.45) is 8.12. The van der Waals surface area contributed by atoms with Gasteiger partial charge in [0.15, 0.2) is 5.82 Å². The van der Waals surface area contributed by atoms with Crippen LogP contribution in [-0.4, -0.2) is 48.4 Å². The van der Waals surface area contributed by atoms with E-state index >= 15 is 0 Å². The molecule has 0 spiro atoms. The molecule has 138 valence electrons. The molecule has 3 rings (SSSR count). The lowest BCUT2D eigenvalue weighted by atomic mass is 9.90. The Morgan fingerprint density at radius 3 is 2.46 bits per heavy atom. The van der Waals surface area contributed by atoms with Crippen molar-refractivity contribution in [3.63, 3.8) is 0 Å². The Kier molecular flexibility index (Phi) is 5.36. The molecule has 10 heteroatoms. The third-order valence-corrected chi connectivity index (χ3v) is 4.65. The van der Waals surface area contributed by atoms with Gasteiger partial charge in [-0.3, -0.25) is 19.4 Å². The van der Waals surface area contributed by atoms with Gasteiger partial charge < -0.3 is 10.4 Å². The van der Waals surface area contributed by atoms with Crippen LogP contribution in [0.15, 0.2) is 24.8 Å². The molecule has 1 aliphatic rings. The number of amides is 2. The first-order valence-corrected chi connectivity index (χ1v) is 8.61. The summed E-state index contributed by atoms with van der Waals surface area (Å²) in [6.45, 7) is 0. The number of hydrogen-bond donors (Lipinski definition) is 2. The predicted octanol–water partition coefficient (Wildman–Crippen LogP) is 2.62. The third-order valence-electron chi connectivity index (χ3n) is 4.46. The number of hydrogen-bond acceptors (Lipinski definition) is 5. The number of carbonyl (C=O) groups is 2. The highest BCUT2D eigenvalue weighted by Gasteiger charge is 2.30. The van der Waals surface area contributed by atoms with E-state index in [9.17, 15) is 9.59 Å². The Labute approximate surface area is 155 Å². The van der Waals surface area contributed by atoms with Gasteiger partial charge in [-0.05, 0) is 37.3 Å². The molecule has 1 saturated carbocycles. The summed E-state index contributed by atoms with van der Waals surface area (Å²) in [5.41, 5.74) is 1.48. The van der Waals surface area contributed by atoms with Gasteiger partial charge in [0.1, 0.15) is 0 Å². The molecular weight excluding hydrogens is 360 g/mol. The molecule has 2 aromatic rings. The number of nitrogens with one attached hydrogen (secondary N) is 1. The van der Waals surface area contributed by atoms with Crippen LogP contribution >= 0.6 is 11.6 Å². The van der Waals surface area contributed by atoms with E-state index in [-0.39, 0.29) is 12.1 Å². The topological polar surface area (TPSA) is 113 Å². The van der Waals surface area contributed by atoms with Crippen LogP contribution in [0.3, 0.4) is 0 Å². The van der Waals surface area contributed by atoms with Gasteiger partial charge in [0.05, 0.1) is 24.3 Å². The predicted molar refractivity (Wildman–Crippen MR) is 95.2 cm³/mol. The van der Waals surface area contributed by atoms with Crippen LogP contribution in [0.25, 0.3) is 11.3 Å². The molecule has 2 amide bonds. The number of carbonyl (C=O) groups excluding carboxylic acids is 1. The van der Waals surface area contributed by atoms with Crippen molar-refractivity contribution in [3.8, 4) is 11.3 Å². The minimum atomic E-state index is -1.03. The monoisotopic (exact) mass is 378 g/mol. The molecule has 0 aromatic carbocycles. The zero-order valence-corrected chi connectivity index (χ0v) is 14.9. The summed E-state index contributed by atoms with van der Waals surface area (Å²) >= 11 is 5.79. The molecule has 1 aliphatic carbocycles. The number of rotatable bonds is 4. The number of aromatic nitrogens is 4. The van der Waals surface area contributed by atoms with Gasteiger partial charge in [0, 0.05) is 30.9 Å². The first-order chi connectivity index (χ1) is 12.4. The highest BCUT2D eigenvalue weighted by atomic mass is 35.5. The number of carboxylic acid groups (broad SMARTS) is 1. The molecule has 0 aliphatic heterocycles. The summed E-state index contributed by atoms with van der Waals surface area (Å²) in [5.74, 6) is 0.382. The first-order valence-electron chi connectivity index (χ1n) is 8.23. The second kappa shape index (κ2) is 7.69. The molecule has 26 heavy (non-hydrogen) atoms. The van der Waals surface area contributed by atoms with Crippen molar-refractivity contribution in [3.05, 3.63) is 24.8 Å². The molecule has 0 radical (unpaired) electrons. The van der Waals surface area contributed by atoms with Crippen molar-refractivity contribution >= 4 is 28.9 Å². The fraction of sp³-hybridized carbons (Fsp3) is 0.438. The molecule has 0 unspecified atom stereocenters. The lowest BCUT2D eigenvalue weighted by Gasteiger charge is -2.34. The van der Waals surface area contributed by atoms with Gasteiger partial charge in [0.2, 0.25) is 0 Å². The van der Waals surface area contributed by atoms with E-state index < -0.39 is 11.5 Å². The molecule has 0 bridgehead atoms. The Morgan fingerprint density at radius 1 is 1.23 bits per heavy atom. The maximum absolute atomic E-state index is 12.0. The largest absolute Gasteiger partial charge is 0.465 e. The second-order valence-corrected chi connectivity index (χ2v) is 6.56. The van der Waals surface area contributed by atoms with Crippen LogP contribution in [-0.2, 0) is 7.05 Å². The van der Waals surface area contributed by atoms with Crippen molar-refractivity contribution in [2.75, 3.05) is 4.90 Å². The highest BCUT2D eigenvalue weighted by Crippen LogP contribution is 2.28. The van der Waals surface area contributed by atoms with E-state index in [2.05, 4.69) is 20.4 Å². The van der Waals surface area contributed by atoms with Crippen LogP contribution in [0.5, 0.6) is 0 Å². The molecule has 2 heterocycles. The van der Waals surface area contributed by atoms with Gasteiger partial charge >= 0.3 is 11.5 Å². The van der Waals surface area contributed by atoms with Gasteiger partial charge in [0.25, 0.3) is 0 Å². The standard InChI is InChI=1S/C16H19ClN6O3/c1-22-9-10(6-20-22)13-7-19-14(8-18-13)23(15(17)24)12-4-2-11(3-5-12)21-16(25)26/h6-9,11-12,21H,2-5H2,1H3,(H,25,26). The van der Waals surface area contributed by atoms with Gasteiger partial charge in [-0.15, -0.1) is 0 Å². The molecule has 9 nitrogen and oxygen atoms in total. The maximum atomic E-state index is 12.0. The lowest BCUT2D eigenvalue weighted by molar-refractivity contribution is 0.184. The zero-order valence-electron chi connectivity index (χ0n) is 14.2. The number of anilines is 1. The van der Waals surface area contributed by atoms with Crippen molar-refractivity contribution in [2.24, 2.45) is 7.05 Å². The van der Waals surface area contributed by atoms with Crippen molar-refractivity contribution in [1.29, 1.82) is 0 Å². The fourth-order valence-corrected chi connectivity index (χ4v) is 3.45. The normalized spacial score (nSPS) is 19.8. The first kappa shape index (κ1) is 18.1. The van der Waals surface area contributed by atoms with Crippen molar-refractivity contribution in [2.45, 2.75) is 37.8 Å². The molecule has 2 aromatic heterocycles. The molecule has 0 saturated heterocycles. The van der Waals surface area contributed by atoms with Gasteiger partial charge in [-0.2, -0.15) is 5.10 Å². The minimum absolute atomic E-state index is 0.102. The van der Waals surface area contributed by atoms with Crippen molar-refractivity contribution < 1.29 is 14.7 Å². The summed E-state index contributed by atoms with van der Waals surface area (Å²) in [6, 6.07) is -0.236. The van der Waals surface area contributed by atoms with E-state index in [0.717, 1.165) is 5.56 Å². The van der Waals surface area contributed by atoms with Gasteiger partial charge in [-0.1, -0.05) is 0 Å². The number of halogens is 1. The van der Waals surface area contributed by atoms with Crippen LogP contribution in [0, 0.1) is 0 Å². The minimum Gasteiger partial charge on any atom is -0.465 e. The fourth-order valence-electron chi connectivity index (χ4n) is 3.22. The Balaban J connectivity index is 1.72. The average Bonchev–Trinajstić information content (AvgIpc) is 3.03. The lowest BCUT2D eigenvalue weighted by Crippen LogP contribution is -2.45. The quantitative estimate of drug-likeness (QED) is 0.624. The van der Waals surface area contributed by atoms with Gasteiger partial charge in [-0.25, -0.2) is 9.78 Å². The average molecular weight is 379 g/mol. The van der Waals surface area contributed by atoms with E-state index in [4.69, 9.17) is 16.7 Å². The summed E-state index contributed by atoms with van der Waals surface area (Å²) in [5, 5.41) is 14.8. The Bertz CT molecular complexity index is 786. The second-order valence-electron chi connectivity index (χ2n) is 6.24. The zero-order chi connectivity index (χ0) is 18.7. The maximum Gasteiger partial charge on any atom is 0.404 e. The number of nitrogens with zero attached hydrogens (tertiary/aromatic N) is 5. The van der Waals surface area contributed by atoms with E-state index in [1.165, 1.54) is 11.1 Å². The van der Waals surface area contributed by atoms with Crippen LogP contribution < -0.4 is 10.2 Å². The smallest absolute Gasteiger partial charge is 0.404 e. The molecular formula is C16H19ClN6O3. The summed E-state index contributed by atoms with van der Waals surface area (Å²) in [7, 11) is 1.81. The van der Waals surface area contributed by atoms with Crippen LogP contribution in [0.4, 0.5) is 15.4 Å². The molecule has 1 fully saturated rings. The van der Waals surface area contributed by atoms with E-state index in [0.29, 0.717) is 37.2 Å². The van der Waals surface area contributed by atoms with Crippen molar-refractivity contribution in [1.82, 2.24) is 25.1 Å². The third kappa shape index (κ3) is 4.10. The molecule has 2 N–H and O–H groups in total. The van der Waals surface area contributed by atoms with E-state index in [1.807, 2.05) is 13.2 Å². The summed E-state index contributed by atoms with van der Waals surface area (Å²) in [4.78, 5) is 32.8. The Morgan fingerprint density at radius 2 is 1.96 bits per heavy atom. The Hall–Kier alpha value is -2.68.